The quantitative estimate of drug-likeness (QED) is 0.240. The van der Waals surface area contributed by atoms with E-state index in [1.165, 1.54) is 32.4 Å². The van der Waals surface area contributed by atoms with E-state index in [1.807, 2.05) is 0 Å². The van der Waals surface area contributed by atoms with Gasteiger partial charge in [0.15, 0.2) is 11.5 Å². The number of aliphatic carboxylic acids is 1. The highest BCUT2D eigenvalue weighted by Crippen LogP contribution is 2.45. The number of benzene rings is 3. The van der Waals surface area contributed by atoms with Gasteiger partial charge in [0.25, 0.3) is 0 Å². The summed E-state index contributed by atoms with van der Waals surface area (Å²) in [5, 5.41) is 9.02. The smallest absolute Gasteiger partial charge is 0.429 e. The number of nitrogens with two attached hydrogens (primary N) is 2. The lowest BCUT2D eigenvalue weighted by Gasteiger charge is -2.25. The van der Waals surface area contributed by atoms with E-state index in [-0.39, 0.29) is 40.7 Å². The molecule has 5 N–H and O–H groups in total. The molecule has 41 heavy (non-hydrogen) atoms. The van der Waals surface area contributed by atoms with Crippen LogP contribution in [0.25, 0.3) is 22.4 Å². The van der Waals surface area contributed by atoms with Crippen LogP contribution >= 0.6 is 0 Å². The molecule has 4 aromatic rings. The van der Waals surface area contributed by atoms with Gasteiger partial charge in [0, 0.05) is 17.2 Å². The lowest BCUT2D eigenvalue weighted by atomic mass is 9.95. The third-order valence-electron chi connectivity index (χ3n) is 6.20. The van der Waals surface area contributed by atoms with Gasteiger partial charge < -0.3 is 30.8 Å². The van der Waals surface area contributed by atoms with Gasteiger partial charge in [0.1, 0.15) is 6.04 Å². The summed E-state index contributed by atoms with van der Waals surface area (Å²) in [6, 6.07) is 17.9. The minimum Gasteiger partial charge on any atom is -0.493 e. The molecule has 0 amide bonds. The number of nitrogens with zero attached hydrogens (tertiary/aromatic N) is 2. The van der Waals surface area contributed by atoms with Gasteiger partial charge >= 0.3 is 12.1 Å². The third-order valence-corrected chi connectivity index (χ3v) is 6.20. The van der Waals surface area contributed by atoms with E-state index >= 15 is 0 Å². The number of nitrogen functional groups attached to an aromatic ring is 1. The minimum atomic E-state index is -4.87. The van der Waals surface area contributed by atoms with Crippen molar-refractivity contribution in [2.24, 2.45) is 5.73 Å². The zero-order valence-corrected chi connectivity index (χ0v) is 22.1. The summed E-state index contributed by atoms with van der Waals surface area (Å²) in [7, 11) is 2.72. The number of ether oxygens (including phenoxy) is 3. The van der Waals surface area contributed by atoms with Crippen molar-refractivity contribution in [2.75, 3.05) is 20.0 Å². The van der Waals surface area contributed by atoms with Crippen molar-refractivity contribution in [2.45, 2.75) is 24.7 Å². The first-order valence-electron chi connectivity index (χ1n) is 12.3. The van der Waals surface area contributed by atoms with E-state index in [1.54, 1.807) is 54.6 Å². The Hall–Kier alpha value is -4.84. The van der Waals surface area contributed by atoms with Crippen LogP contribution in [0.15, 0.2) is 72.8 Å². The van der Waals surface area contributed by atoms with E-state index in [9.17, 15) is 18.0 Å². The molecule has 1 heterocycles. The van der Waals surface area contributed by atoms with Crippen molar-refractivity contribution in [3.05, 3.63) is 83.9 Å². The summed E-state index contributed by atoms with van der Waals surface area (Å²) in [6.07, 6.45) is -7.23. The first-order chi connectivity index (χ1) is 19.5. The number of aromatic nitrogens is 2. The number of anilines is 1. The molecule has 0 spiro atoms. The molecule has 9 nitrogen and oxygen atoms in total. The SMILES string of the molecule is COc1cc(-c2ccccc2)c(C(Oc2cc(-c3ccc(C[C@H](N)C(=O)O)cc3)nc(N)n2)C(F)(F)F)cc1OC. The molecule has 12 heteroatoms. The number of carboxylic acids is 1. The molecule has 4 rings (SSSR count). The lowest BCUT2D eigenvalue weighted by Crippen LogP contribution is -2.32. The average molecular weight is 569 g/mol. The average Bonchev–Trinajstić information content (AvgIpc) is 2.95. The maximum atomic E-state index is 14.6. The molecular formula is C29H27F3N4O5. The van der Waals surface area contributed by atoms with Gasteiger partial charge in [0.2, 0.25) is 17.9 Å². The predicted molar refractivity (Wildman–Crippen MR) is 146 cm³/mol. The second kappa shape index (κ2) is 12.1. The Labute approximate surface area is 233 Å². The number of carbonyl (C=O) groups is 1. The summed E-state index contributed by atoms with van der Waals surface area (Å²) in [4.78, 5) is 19.1. The maximum absolute atomic E-state index is 14.6. The number of rotatable bonds is 10. The highest BCUT2D eigenvalue weighted by Gasteiger charge is 2.45. The second-order valence-corrected chi connectivity index (χ2v) is 9.00. The molecule has 3 aromatic carbocycles. The number of methoxy groups -OCH3 is 2. The molecule has 0 bridgehead atoms. The van der Waals surface area contributed by atoms with Crippen molar-refractivity contribution in [1.82, 2.24) is 9.97 Å². The Morgan fingerprint density at radius 3 is 2.15 bits per heavy atom. The number of halogens is 3. The van der Waals surface area contributed by atoms with Crippen molar-refractivity contribution in [3.63, 3.8) is 0 Å². The standard InChI is InChI=1S/C29H27F3N4O5/c1-39-23-13-19(17-6-4-3-5-7-17)20(14-24(23)40-2)26(29(30,31)32)41-25-15-22(35-28(34)36-25)18-10-8-16(9-11-18)12-21(33)27(37)38/h3-11,13-15,21,26H,12,33H2,1-2H3,(H,37,38)(H2,34,35,36)/t21-,26?/m0/s1. The van der Waals surface area contributed by atoms with Crippen LogP contribution in [0.1, 0.15) is 17.2 Å². The molecule has 0 aliphatic carbocycles. The van der Waals surface area contributed by atoms with E-state index in [0.717, 1.165) is 0 Å². The number of hydrogen-bond acceptors (Lipinski definition) is 8. The summed E-state index contributed by atoms with van der Waals surface area (Å²) in [6.45, 7) is 0. The minimum absolute atomic E-state index is 0.0885. The molecule has 0 saturated heterocycles. The Morgan fingerprint density at radius 1 is 0.927 bits per heavy atom. The van der Waals surface area contributed by atoms with Crippen molar-refractivity contribution >= 4 is 11.9 Å². The first kappa shape index (κ1) is 29.2. The molecule has 0 radical (unpaired) electrons. The van der Waals surface area contributed by atoms with Gasteiger partial charge in [-0.2, -0.15) is 18.2 Å². The molecule has 0 aliphatic heterocycles. The van der Waals surface area contributed by atoms with E-state index < -0.39 is 30.2 Å². The van der Waals surface area contributed by atoms with Gasteiger partial charge in [-0.05, 0) is 35.2 Å². The monoisotopic (exact) mass is 568 g/mol. The number of hydrogen-bond donors (Lipinski definition) is 3. The highest BCUT2D eigenvalue weighted by atomic mass is 19.4. The summed E-state index contributed by atoms with van der Waals surface area (Å²) >= 11 is 0. The molecule has 214 valence electrons. The van der Waals surface area contributed by atoms with Crippen LogP contribution in [0, 0.1) is 0 Å². The fraction of sp³-hybridized carbons (Fsp3) is 0.207. The van der Waals surface area contributed by atoms with Gasteiger partial charge in [-0.1, -0.05) is 54.6 Å². The van der Waals surface area contributed by atoms with Crippen LogP contribution in [-0.4, -0.2) is 47.5 Å². The molecule has 0 fully saturated rings. The Balaban J connectivity index is 1.75. The van der Waals surface area contributed by atoms with Crippen LogP contribution < -0.4 is 25.7 Å². The zero-order valence-electron chi connectivity index (χ0n) is 22.1. The third kappa shape index (κ3) is 6.84. The fourth-order valence-corrected chi connectivity index (χ4v) is 4.21. The Bertz CT molecular complexity index is 1520. The molecule has 0 saturated carbocycles. The predicted octanol–water partition coefficient (Wildman–Crippen LogP) is 5.05. The number of carboxylic acid groups (broad SMARTS) is 1. The highest BCUT2D eigenvalue weighted by molar-refractivity contribution is 5.74. The van der Waals surface area contributed by atoms with Crippen LogP contribution in [0.2, 0.25) is 0 Å². The largest absolute Gasteiger partial charge is 0.493 e. The van der Waals surface area contributed by atoms with Crippen molar-refractivity contribution in [1.29, 1.82) is 0 Å². The van der Waals surface area contributed by atoms with E-state index in [0.29, 0.717) is 16.7 Å². The molecular weight excluding hydrogens is 541 g/mol. The summed E-state index contributed by atoms with van der Waals surface area (Å²) in [5.41, 5.74) is 13.3. The summed E-state index contributed by atoms with van der Waals surface area (Å²) < 4.78 is 60.0. The van der Waals surface area contributed by atoms with Crippen molar-refractivity contribution < 1.29 is 37.3 Å². The number of alkyl halides is 3. The molecule has 2 atom stereocenters. The molecule has 0 aliphatic rings. The zero-order chi connectivity index (χ0) is 29.7. The molecule has 1 aromatic heterocycles. The first-order valence-corrected chi connectivity index (χ1v) is 12.3. The van der Waals surface area contributed by atoms with Crippen molar-refractivity contribution in [3.8, 4) is 39.8 Å². The Kier molecular flexibility index (Phi) is 8.62. The lowest BCUT2D eigenvalue weighted by molar-refractivity contribution is -0.198. The van der Waals surface area contributed by atoms with Crippen LogP contribution in [0.4, 0.5) is 19.1 Å². The topological polar surface area (TPSA) is 143 Å². The maximum Gasteiger partial charge on any atom is 0.429 e. The van der Waals surface area contributed by atoms with Crippen LogP contribution in [-0.2, 0) is 11.2 Å². The van der Waals surface area contributed by atoms with Crippen LogP contribution in [0.3, 0.4) is 0 Å². The summed E-state index contributed by atoms with van der Waals surface area (Å²) in [5.74, 6) is -1.50. The fourth-order valence-electron chi connectivity index (χ4n) is 4.21. The van der Waals surface area contributed by atoms with E-state index in [4.69, 9.17) is 30.8 Å². The Morgan fingerprint density at radius 2 is 1.56 bits per heavy atom. The second-order valence-electron chi connectivity index (χ2n) is 9.00. The normalized spacial score (nSPS) is 12.8. The van der Waals surface area contributed by atoms with Gasteiger partial charge in [0.05, 0.1) is 19.9 Å². The van der Waals surface area contributed by atoms with Gasteiger partial charge in [-0.25, -0.2) is 4.98 Å². The van der Waals surface area contributed by atoms with Crippen LogP contribution in [0.5, 0.6) is 17.4 Å². The van der Waals surface area contributed by atoms with Gasteiger partial charge in [-0.15, -0.1) is 0 Å². The van der Waals surface area contributed by atoms with E-state index in [2.05, 4.69) is 9.97 Å². The van der Waals surface area contributed by atoms with Gasteiger partial charge in [-0.3, -0.25) is 4.79 Å². The molecule has 1 unspecified atom stereocenters.